The minimum absolute atomic E-state index is 0.176. The Hall–Kier alpha value is -3.52. The van der Waals surface area contributed by atoms with Crippen molar-refractivity contribution < 1.29 is 9.90 Å². The Morgan fingerprint density at radius 1 is 1.22 bits per heavy atom. The largest absolute Gasteiger partial charge is 0.390 e. The van der Waals surface area contributed by atoms with Crippen LogP contribution in [0.1, 0.15) is 44.0 Å². The van der Waals surface area contributed by atoms with E-state index in [0.29, 0.717) is 35.7 Å². The van der Waals surface area contributed by atoms with Gasteiger partial charge in [0.1, 0.15) is 0 Å². The van der Waals surface area contributed by atoms with Crippen LogP contribution in [0.2, 0.25) is 0 Å². The van der Waals surface area contributed by atoms with E-state index >= 15 is 0 Å². The lowest BCUT2D eigenvalue weighted by atomic mass is 10.0. The Balaban J connectivity index is 1.64. The molecular formula is C24H28N6O2. The van der Waals surface area contributed by atoms with Gasteiger partial charge in [0.05, 0.1) is 28.8 Å². The summed E-state index contributed by atoms with van der Waals surface area (Å²) in [6, 6.07) is 5.79. The smallest absolute Gasteiger partial charge is 0.258 e. The molecule has 0 unspecified atom stereocenters. The maximum atomic E-state index is 12.8. The van der Waals surface area contributed by atoms with Gasteiger partial charge >= 0.3 is 0 Å². The molecule has 3 N–H and O–H groups in total. The predicted octanol–water partition coefficient (Wildman–Crippen LogP) is 3.91. The molecule has 0 saturated carbocycles. The molecule has 1 amide bonds. The number of amides is 1. The van der Waals surface area contributed by atoms with Crippen molar-refractivity contribution in [2.45, 2.75) is 53.2 Å². The summed E-state index contributed by atoms with van der Waals surface area (Å²) in [5.41, 5.74) is 5.73. The molecule has 0 aliphatic carbocycles. The van der Waals surface area contributed by atoms with Crippen LogP contribution in [0.5, 0.6) is 0 Å². The zero-order valence-electron chi connectivity index (χ0n) is 19.0. The standard InChI is InChI=1S/C24H28N6O2/c1-14-6-8-25-12-18(14)19-11-17-20(13-26-19)28-23(31)22(17)16(3)27-21-10-15(2)30(29-21)9-7-24(4,5)32/h6,8,10-13,32H,7,9H2,1-5H3,(H,27,29)(H,28,31)/b22-16-. The van der Waals surface area contributed by atoms with Gasteiger partial charge in [0.15, 0.2) is 5.82 Å². The van der Waals surface area contributed by atoms with Crippen LogP contribution in [0.4, 0.5) is 11.5 Å². The minimum Gasteiger partial charge on any atom is -0.390 e. The Morgan fingerprint density at radius 2 is 2.00 bits per heavy atom. The van der Waals surface area contributed by atoms with E-state index in [9.17, 15) is 9.90 Å². The number of rotatable bonds is 6. The van der Waals surface area contributed by atoms with Crippen LogP contribution >= 0.6 is 0 Å². The molecule has 8 heteroatoms. The van der Waals surface area contributed by atoms with E-state index in [-0.39, 0.29) is 5.91 Å². The molecule has 32 heavy (non-hydrogen) atoms. The van der Waals surface area contributed by atoms with Crippen LogP contribution in [-0.2, 0) is 11.3 Å². The summed E-state index contributed by atoms with van der Waals surface area (Å²) in [4.78, 5) is 21.5. The lowest BCUT2D eigenvalue weighted by Gasteiger charge is -2.17. The van der Waals surface area contributed by atoms with Gasteiger partial charge in [-0.15, -0.1) is 0 Å². The number of hydrogen-bond acceptors (Lipinski definition) is 6. The lowest BCUT2D eigenvalue weighted by Crippen LogP contribution is -2.21. The summed E-state index contributed by atoms with van der Waals surface area (Å²) in [6.07, 6.45) is 5.81. The highest BCUT2D eigenvalue weighted by molar-refractivity contribution is 6.32. The number of carbonyl (C=O) groups excluding carboxylic acids is 1. The van der Waals surface area contributed by atoms with Gasteiger partial charge in [-0.05, 0) is 58.7 Å². The Kier molecular flexibility index (Phi) is 5.56. The molecule has 1 aliphatic rings. The Morgan fingerprint density at radius 3 is 2.72 bits per heavy atom. The molecule has 0 bridgehead atoms. The molecule has 0 saturated heterocycles. The van der Waals surface area contributed by atoms with E-state index < -0.39 is 5.60 Å². The highest BCUT2D eigenvalue weighted by atomic mass is 16.3. The maximum absolute atomic E-state index is 12.8. The van der Waals surface area contributed by atoms with Gasteiger partial charge in [-0.1, -0.05) is 0 Å². The van der Waals surface area contributed by atoms with Gasteiger partial charge in [0.2, 0.25) is 0 Å². The summed E-state index contributed by atoms with van der Waals surface area (Å²) in [7, 11) is 0. The number of aliphatic hydroxyl groups is 1. The van der Waals surface area contributed by atoms with Gasteiger partial charge in [-0.2, -0.15) is 5.10 Å². The summed E-state index contributed by atoms with van der Waals surface area (Å²) in [5.74, 6) is 0.479. The van der Waals surface area contributed by atoms with Gasteiger partial charge in [-0.25, -0.2) is 0 Å². The number of allylic oxidation sites excluding steroid dienone is 1. The second-order valence-electron chi connectivity index (χ2n) is 8.84. The zero-order valence-corrected chi connectivity index (χ0v) is 19.0. The fourth-order valence-corrected chi connectivity index (χ4v) is 3.75. The number of nitrogens with one attached hydrogen (secondary N) is 2. The summed E-state index contributed by atoms with van der Waals surface area (Å²) in [5, 5.41) is 20.8. The molecule has 0 radical (unpaired) electrons. The molecule has 0 aromatic carbocycles. The number of nitrogens with zero attached hydrogens (tertiary/aromatic N) is 4. The molecule has 4 rings (SSSR count). The van der Waals surface area contributed by atoms with Crippen LogP contribution in [0.15, 0.2) is 42.5 Å². The first-order valence-electron chi connectivity index (χ1n) is 10.6. The second kappa shape index (κ2) is 8.20. The van der Waals surface area contributed by atoms with E-state index in [2.05, 4.69) is 25.7 Å². The number of anilines is 2. The number of aromatic nitrogens is 4. The predicted molar refractivity (Wildman–Crippen MR) is 125 cm³/mol. The molecule has 0 atom stereocenters. The third-order valence-corrected chi connectivity index (χ3v) is 5.57. The summed E-state index contributed by atoms with van der Waals surface area (Å²) in [6.45, 7) is 10.0. The van der Waals surface area contributed by atoms with E-state index in [4.69, 9.17) is 0 Å². The molecule has 3 aromatic heterocycles. The Labute approximate surface area is 187 Å². The third kappa shape index (κ3) is 4.40. The zero-order chi connectivity index (χ0) is 23.0. The first kappa shape index (κ1) is 21.7. The number of fused-ring (bicyclic) bond motifs is 1. The normalized spacial score (nSPS) is 14.9. The van der Waals surface area contributed by atoms with Crippen molar-refractivity contribution in [3.8, 4) is 11.3 Å². The van der Waals surface area contributed by atoms with Crippen molar-refractivity contribution in [1.29, 1.82) is 0 Å². The van der Waals surface area contributed by atoms with Crippen LogP contribution < -0.4 is 10.6 Å². The van der Waals surface area contributed by atoms with Crippen LogP contribution in [0, 0.1) is 13.8 Å². The summed E-state index contributed by atoms with van der Waals surface area (Å²) >= 11 is 0. The fraction of sp³-hybridized carbons (Fsp3) is 0.333. The van der Waals surface area contributed by atoms with Crippen molar-refractivity contribution in [1.82, 2.24) is 19.7 Å². The lowest BCUT2D eigenvalue weighted by molar-refractivity contribution is -0.110. The van der Waals surface area contributed by atoms with E-state index in [1.807, 2.05) is 43.7 Å². The average Bonchev–Trinajstić information content (AvgIpc) is 3.23. The summed E-state index contributed by atoms with van der Waals surface area (Å²) < 4.78 is 1.86. The van der Waals surface area contributed by atoms with Crippen molar-refractivity contribution in [2.24, 2.45) is 0 Å². The molecule has 8 nitrogen and oxygen atoms in total. The minimum atomic E-state index is -0.756. The fourth-order valence-electron chi connectivity index (χ4n) is 3.75. The van der Waals surface area contributed by atoms with Crippen molar-refractivity contribution in [2.75, 3.05) is 10.6 Å². The SMILES string of the molecule is C/C(Nc1cc(C)n(CCC(C)(C)O)n1)=C1/C(=O)Nc2cnc(-c3cnccc3C)cc21. The monoisotopic (exact) mass is 432 g/mol. The average molecular weight is 433 g/mol. The Bertz CT molecular complexity index is 1220. The number of pyridine rings is 2. The van der Waals surface area contributed by atoms with Gasteiger partial charge < -0.3 is 15.7 Å². The van der Waals surface area contributed by atoms with Gasteiger partial charge in [0.25, 0.3) is 5.91 Å². The van der Waals surface area contributed by atoms with Gasteiger partial charge in [-0.3, -0.25) is 19.4 Å². The number of carbonyl (C=O) groups is 1. The molecule has 1 aliphatic heterocycles. The second-order valence-corrected chi connectivity index (χ2v) is 8.84. The van der Waals surface area contributed by atoms with E-state index in [1.54, 1.807) is 32.4 Å². The van der Waals surface area contributed by atoms with Crippen LogP contribution in [0.25, 0.3) is 16.8 Å². The van der Waals surface area contributed by atoms with E-state index in [1.165, 1.54) is 0 Å². The van der Waals surface area contributed by atoms with Crippen LogP contribution in [0.3, 0.4) is 0 Å². The quantitative estimate of drug-likeness (QED) is 0.510. The maximum Gasteiger partial charge on any atom is 0.258 e. The highest BCUT2D eigenvalue weighted by Gasteiger charge is 2.28. The van der Waals surface area contributed by atoms with Crippen molar-refractivity contribution in [3.05, 3.63) is 59.3 Å². The first-order valence-corrected chi connectivity index (χ1v) is 10.6. The first-order chi connectivity index (χ1) is 15.1. The number of aryl methyl sites for hydroxylation is 3. The molecule has 4 heterocycles. The molecule has 0 spiro atoms. The molecule has 0 fully saturated rings. The topological polar surface area (TPSA) is 105 Å². The third-order valence-electron chi connectivity index (χ3n) is 5.57. The number of hydrogen-bond donors (Lipinski definition) is 3. The van der Waals surface area contributed by atoms with Crippen molar-refractivity contribution >= 4 is 23.0 Å². The molecule has 3 aromatic rings. The molecule has 166 valence electrons. The highest BCUT2D eigenvalue weighted by Crippen LogP contribution is 2.36. The van der Waals surface area contributed by atoms with Crippen molar-refractivity contribution in [3.63, 3.8) is 0 Å². The van der Waals surface area contributed by atoms with Gasteiger partial charge in [0, 0.05) is 47.5 Å². The molecular weight excluding hydrogens is 404 g/mol. The van der Waals surface area contributed by atoms with E-state index in [0.717, 1.165) is 28.1 Å². The van der Waals surface area contributed by atoms with Crippen LogP contribution in [-0.4, -0.2) is 36.4 Å².